The molecule has 82 valence electrons. The van der Waals surface area contributed by atoms with Crippen LogP contribution in [-0.2, 0) is 0 Å². The summed E-state index contributed by atoms with van der Waals surface area (Å²) in [6, 6.07) is 0.614. The van der Waals surface area contributed by atoms with Crippen LogP contribution in [0, 0.1) is 34.6 Å². The first kappa shape index (κ1) is 10.7. The van der Waals surface area contributed by atoms with Crippen LogP contribution in [-0.4, -0.2) is 6.54 Å². The molecule has 0 aromatic heterocycles. The van der Waals surface area contributed by atoms with Crippen LogP contribution in [0.2, 0.25) is 0 Å². The molecule has 1 aromatic carbocycles. The van der Waals surface area contributed by atoms with E-state index in [1.165, 1.54) is 40.8 Å². The van der Waals surface area contributed by atoms with Gasteiger partial charge in [-0.1, -0.05) is 0 Å². The van der Waals surface area contributed by atoms with E-state index in [-0.39, 0.29) is 0 Å². The van der Waals surface area contributed by atoms with Gasteiger partial charge < -0.3 is 5.32 Å². The van der Waals surface area contributed by atoms with Gasteiger partial charge in [0.15, 0.2) is 0 Å². The first-order valence-corrected chi connectivity index (χ1v) is 5.84. The Balaban J connectivity index is 2.62. The summed E-state index contributed by atoms with van der Waals surface area (Å²) in [5.41, 5.74) is 8.96. The summed E-state index contributed by atoms with van der Waals surface area (Å²) in [7, 11) is 0. The molecule has 1 heteroatoms. The second-order valence-electron chi connectivity index (χ2n) is 4.83. The smallest absolute Gasteiger partial charge is 0.0337 e. The van der Waals surface area contributed by atoms with Crippen molar-refractivity contribution in [2.24, 2.45) is 0 Å². The lowest BCUT2D eigenvalue weighted by atomic mass is 9.83. The van der Waals surface area contributed by atoms with Crippen LogP contribution in [0.1, 0.15) is 45.8 Å². The van der Waals surface area contributed by atoms with Gasteiger partial charge in [-0.05, 0) is 81.0 Å². The lowest BCUT2D eigenvalue weighted by molar-refractivity contribution is 0.380. The van der Waals surface area contributed by atoms with Gasteiger partial charge in [0.1, 0.15) is 0 Å². The Hall–Kier alpha value is -0.820. The highest BCUT2D eigenvalue weighted by Gasteiger charge is 2.24. The van der Waals surface area contributed by atoms with Gasteiger partial charge in [-0.3, -0.25) is 0 Å². The molecule has 1 aromatic rings. The molecule has 1 N–H and O–H groups in total. The molecule has 0 saturated carbocycles. The predicted octanol–water partition coefficient (Wildman–Crippen LogP) is 3.26. The van der Waals surface area contributed by atoms with E-state index >= 15 is 0 Å². The highest BCUT2D eigenvalue weighted by atomic mass is 15.0. The Kier molecular flexibility index (Phi) is 2.59. The van der Waals surface area contributed by atoms with Gasteiger partial charge in [-0.2, -0.15) is 0 Å². The molecule has 1 heterocycles. The van der Waals surface area contributed by atoms with Gasteiger partial charge in [0, 0.05) is 6.04 Å². The molecule has 0 amide bonds. The van der Waals surface area contributed by atoms with Crippen molar-refractivity contribution in [3.05, 3.63) is 33.4 Å². The third-order valence-electron chi connectivity index (χ3n) is 4.23. The van der Waals surface area contributed by atoms with E-state index in [0.29, 0.717) is 6.04 Å². The van der Waals surface area contributed by atoms with Crippen molar-refractivity contribution >= 4 is 0 Å². The zero-order chi connectivity index (χ0) is 11.2. The van der Waals surface area contributed by atoms with Crippen molar-refractivity contribution in [1.82, 2.24) is 5.32 Å². The number of hydrogen-bond donors (Lipinski definition) is 1. The topological polar surface area (TPSA) is 12.0 Å². The summed E-state index contributed by atoms with van der Waals surface area (Å²) in [6.45, 7) is 12.4. The maximum atomic E-state index is 3.52. The Morgan fingerprint density at radius 3 is 1.53 bits per heavy atom. The molecule has 1 aliphatic rings. The zero-order valence-corrected chi connectivity index (χ0v) is 10.5. The molecule has 0 radical (unpaired) electrons. The standard InChI is InChI=1S/C14H21N/c1-8-9(2)11(4)14(12(5)10(8)3)13-6-7-15-13/h13,15H,6-7H2,1-5H3/t13-/m1/s1. The molecule has 0 spiro atoms. The minimum absolute atomic E-state index is 0.614. The maximum Gasteiger partial charge on any atom is 0.0337 e. The van der Waals surface area contributed by atoms with Gasteiger partial charge in [0.25, 0.3) is 0 Å². The SMILES string of the molecule is Cc1c(C)c(C)c([C@H]2CCN2)c(C)c1C. The summed E-state index contributed by atoms with van der Waals surface area (Å²) in [4.78, 5) is 0. The van der Waals surface area contributed by atoms with Gasteiger partial charge in [-0.25, -0.2) is 0 Å². The van der Waals surface area contributed by atoms with E-state index in [1.807, 2.05) is 0 Å². The Morgan fingerprint density at radius 2 is 1.20 bits per heavy atom. The number of rotatable bonds is 1. The molecule has 2 rings (SSSR count). The van der Waals surface area contributed by atoms with Gasteiger partial charge in [0.2, 0.25) is 0 Å². The fourth-order valence-electron chi connectivity index (χ4n) is 2.59. The van der Waals surface area contributed by atoms with Crippen LogP contribution in [0.5, 0.6) is 0 Å². The van der Waals surface area contributed by atoms with Crippen LogP contribution in [0.4, 0.5) is 0 Å². The fourth-order valence-corrected chi connectivity index (χ4v) is 2.59. The minimum atomic E-state index is 0.614. The maximum absolute atomic E-state index is 3.52. The molecule has 15 heavy (non-hydrogen) atoms. The zero-order valence-electron chi connectivity index (χ0n) is 10.5. The highest BCUT2D eigenvalue weighted by Crippen LogP contribution is 2.34. The van der Waals surface area contributed by atoms with E-state index in [1.54, 1.807) is 5.56 Å². The fraction of sp³-hybridized carbons (Fsp3) is 0.571. The van der Waals surface area contributed by atoms with Gasteiger partial charge >= 0.3 is 0 Å². The largest absolute Gasteiger partial charge is 0.310 e. The first-order valence-electron chi connectivity index (χ1n) is 5.84. The molecule has 0 bridgehead atoms. The minimum Gasteiger partial charge on any atom is -0.310 e. The first-order chi connectivity index (χ1) is 7.04. The molecular weight excluding hydrogens is 182 g/mol. The van der Waals surface area contributed by atoms with Crippen LogP contribution in [0.3, 0.4) is 0 Å². The molecule has 0 unspecified atom stereocenters. The Bertz CT molecular complexity index is 371. The average molecular weight is 203 g/mol. The third-order valence-corrected chi connectivity index (χ3v) is 4.23. The van der Waals surface area contributed by atoms with Crippen molar-refractivity contribution in [3.63, 3.8) is 0 Å². The summed E-state index contributed by atoms with van der Waals surface area (Å²) in [5.74, 6) is 0. The van der Waals surface area contributed by atoms with Gasteiger partial charge in [-0.15, -0.1) is 0 Å². The summed E-state index contributed by atoms with van der Waals surface area (Å²) in [5, 5.41) is 3.52. The van der Waals surface area contributed by atoms with Crippen molar-refractivity contribution < 1.29 is 0 Å². The van der Waals surface area contributed by atoms with Crippen molar-refractivity contribution in [2.75, 3.05) is 6.54 Å². The quantitative estimate of drug-likeness (QED) is 0.738. The van der Waals surface area contributed by atoms with Crippen molar-refractivity contribution in [1.29, 1.82) is 0 Å². The molecule has 1 saturated heterocycles. The lowest BCUT2D eigenvalue weighted by Crippen LogP contribution is -2.36. The second-order valence-corrected chi connectivity index (χ2v) is 4.83. The van der Waals surface area contributed by atoms with E-state index < -0.39 is 0 Å². The van der Waals surface area contributed by atoms with Crippen molar-refractivity contribution in [2.45, 2.75) is 47.1 Å². The third kappa shape index (κ3) is 1.50. The number of hydrogen-bond acceptors (Lipinski definition) is 1. The number of benzene rings is 1. The summed E-state index contributed by atoms with van der Waals surface area (Å²) >= 11 is 0. The number of nitrogens with one attached hydrogen (secondary N) is 1. The van der Waals surface area contributed by atoms with Crippen LogP contribution in [0.15, 0.2) is 0 Å². The molecule has 0 aliphatic carbocycles. The van der Waals surface area contributed by atoms with E-state index in [0.717, 1.165) is 0 Å². The molecule has 1 fully saturated rings. The molecular formula is C14H21N. The van der Waals surface area contributed by atoms with E-state index in [4.69, 9.17) is 0 Å². The monoisotopic (exact) mass is 203 g/mol. The molecule has 1 nitrogen and oxygen atoms in total. The Labute approximate surface area is 92.9 Å². The van der Waals surface area contributed by atoms with E-state index in [9.17, 15) is 0 Å². The highest BCUT2D eigenvalue weighted by molar-refractivity contribution is 5.51. The lowest BCUT2D eigenvalue weighted by Gasteiger charge is -2.32. The van der Waals surface area contributed by atoms with Crippen LogP contribution in [0.25, 0.3) is 0 Å². The average Bonchev–Trinajstić information content (AvgIpc) is 2.15. The molecule has 1 aliphatic heterocycles. The van der Waals surface area contributed by atoms with Crippen molar-refractivity contribution in [3.8, 4) is 0 Å². The normalized spacial score (nSPS) is 20.2. The summed E-state index contributed by atoms with van der Waals surface area (Å²) < 4.78 is 0. The predicted molar refractivity (Wildman–Crippen MR) is 65.5 cm³/mol. The van der Waals surface area contributed by atoms with E-state index in [2.05, 4.69) is 39.9 Å². The second kappa shape index (κ2) is 3.64. The van der Waals surface area contributed by atoms with Crippen LogP contribution < -0.4 is 5.32 Å². The summed E-state index contributed by atoms with van der Waals surface area (Å²) in [6.07, 6.45) is 1.30. The van der Waals surface area contributed by atoms with Crippen LogP contribution >= 0.6 is 0 Å². The Morgan fingerprint density at radius 1 is 0.800 bits per heavy atom. The van der Waals surface area contributed by atoms with Gasteiger partial charge in [0.05, 0.1) is 0 Å². The molecule has 1 atom stereocenters.